The number of alkyl halides is 2. The van der Waals surface area contributed by atoms with Crippen molar-refractivity contribution in [3.63, 3.8) is 0 Å². The zero-order valence-electron chi connectivity index (χ0n) is 12.1. The van der Waals surface area contributed by atoms with Crippen molar-refractivity contribution in [1.82, 2.24) is 0 Å². The van der Waals surface area contributed by atoms with Crippen molar-refractivity contribution >= 4 is 11.4 Å². The number of benzene rings is 1. The highest BCUT2D eigenvalue weighted by Gasteiger charge is 2.35. The topological polar surface area (TPSA) is 55.6 Å². The highest BCUT2D eigenvalue weighted by molar-refractivity contribution is 5.59. The molecule has 22 heavy (non-hydrogen) atoms. The van der Waals surface area contributed by atoms with Gasteiger partial charge < -0.3 is 9.64 Å². The Morgan fingerprint density at radius 1 is 1.23 bits per heavy atom. The smallest absolute Gasteiger partial charge is 0.387 e. The number of nitro groups is 1. The lowest BCUT2D eigenvalue weighted by Gasteiger charge is -2.22. The zero-order chi connectivity index (χ0) is 15.7. The van der Waals surface area contributed by atoms with E-state index in [1.165, 1.54) is 37.8 Å². The first-order valence-electron chi connectivity index (χ1n) is 7.53. The highest BCUT2D eigenvalue weighted by atomic mass is 19.3. The van der Waals surface area contributed by atoms with Crippen molar-refractivity contribution in [3.05, 3.63) is 28.3 Å². The summed E-state index contributed by atoms with van der Waals surface area (Å²) >= 11 is 0. The predicted molar refractivity (Wildman–Crippen MR) is 77.4 cm³/mol. The standard InChI is InChI=1S/C15H18F2N2O3/c16-15(17)22-14-7-12(5-6-13(14)19(20)21)18-8-10-3-1-2-4-11(10)9-18/h5-7,10-11,15H,1-4,8-9H2. The van der Waals surface area contributed by atoms with Gasteiger partial charge in [0.05, 0.1) is 4.92 Å². The summed E-state index contributed by atoms with van der Waals surface area (Å²) in [5.41, 5.74) is 0.288. The van der Waals surface area contributed by atoms with E-state index in [9.17, 15) is 18.9 Å². The molecule has 2 aliphatic rings. The van der Waals surface area contributed by atoms with Gasteiger partial charge in [0.25, 0.3) is 0 Å². The van der Waals surface area contributed by atoms with Gasteiger partial charge in [-0.3, -0.25) is 10.1 Å². The van der Waals surface area contributed by atoms with Gasteiger partial charge in [-0.15, -0.1) is 0 Å². The Hall–Kier alpha value is -1.92. The Morgan fingerprint density at radius 3 is 2.41 bits per heavy atom. The summed E-state index contributed by atoms with van der Waals surface area (Å²) in [4.78, 5) is 12.3. The normalized spacial score (nSPS) is 24.4. The van der Waals surface area contributed by atoms with Gasteiger partial charge in [0.2, 0.25) is 5.75 Å². The van der Waals surface area contributed by atoms with Crippen LogP contribution in [0.5, 0.6) is 5.75 Å². The monoisotopic (exact) mass is 312 g/mol. The third-order valence-electron chi connectivity index (χ3n) is 4.70. The fourth-order valence-electron chi connectivity index (χ4n) is 3.66. The van der Waals surface area contributed by atoms with Crippen LogP contribution in [0.25, 0.3) is 0 Å². The predicted octanol–water partition coefficient (Wildman–Crippen LogP) is 3.82. The number of hydrogen-bond donors (Lipinski definition) is 0. The van der Waals surface area contributed by atoms with E-state index in [1.54, 1.807) is 6.07 Å². The minimum atomic E-state index is -3.07. The van der Waals surface area contributed by atoms with Gasteiger partial charge in [0.1, 0.15) is 0 Å². The van der Waals surface area contributed by atoms with Gasteiger partial charge >= 0.3 is 12.3 Å². The molecule has 1 aromatic rings. The van der Waals surface area contributed by atoms with Crippen molar-refractivity contribution in [2.45, 2.75) is 32.3 Å². The first-order chi connectivity index (χ1) is 10.5. The maximum Gasteiger partial charge on any atom is 0.387 e. The maximum absolute atomic E-state index is 12.5. The van der Waals surface area contributed by atoms with Crippen LogP contribution in [0, 0.1) is 22.0 Å². The molecule has 2 unspecified atom stereocenters. The van der Waals surface area contributed by atoms with Crippen molar-refractivity contribution in [3.8, 4) is 5.75 Å². The summed E-state index contributed by atoms with van der Waals surface area (Å²) in [6, 6.07) is 4.23. The van der Waals surface area contributed by atoms with Gasteiger partial charge in [-0.05, 0) is 30.7 Å². The van der Waals surface area contributed by atoms with Crippen LogP contribution in [0.4, 0.5) is 20.2 Å². The van der Waals surface area contributed by atoms with Crippen LogP contribution in [-0.2, 0) is 0 Å². The number of anilines is 1. The molecule has 1 saturated heterocycles. The molecule has 0 N–H and O–H groups in total. The first-order valence-corrected chi connectivity index (χ1v) is 7.53. The summed E-state index contributed by atoms with van der Waals surface area (Å²) in [6.07, 6.45) is 4.90. The van der Waals surface area contributed by atoms with E-state index in [2.05, 4.69) is 9.64 Å². The average molecular weight is 312 g/mol. The summed E-state index contributed by atoms with van der Waals surface area (Å²) in [5, 5.41) is 10.9. The Labute approximate surface area is 127 Å². The van der Waals surface area contributed by atoms with Gasteiger partial charge in [0.15, 0.2) is 0 Å². The van der Waals surface area contributed by atoms with E-state index in [1.807, 2.05) is 0 Å². The molecule has 0 radical (unpaired) electrons. The first kappa shape index (κ1) is 15.0. The Morgan fingerprint density at radius 2 is 1.86 bits per heavy atom. The quantitative estimate of drug-likeness (QED) is 0.626. The second-order valence-corrected chi connectivity index (χ2v) is 6.00. The number of rotatable bonds is 4. The van der Waals surface area contributed by atoms with Crippen LogP contribution in [0.2, 0.25) is 0 Å². The maximum atomic E-state index is 12.5. The molecule has 0 amide bonds. The van der Waals surface area contributed by atoms with Crippen molar-refractivity contribution in [2.24, 2.45) is 11.8 Å². The summed E-state index contributed by atoms with van der Waals surface area (Å²) in [5.74, 6) is 0.916. The second kappa shape index (κ2) is 6.06. The van der Waals surface area contributed by atoms with E-state index in [0.717, 1.165) is 18.8 Å². The van der Waals surface area contributed by atoms with Crippen LogP contribution in [-0.4, -0.2) is 24.6 Å². The molecule has 0 bridgehead atoms. The van der Waals surface area contributed by atoms with Gasteiger partial charge in [-0.25, -0.2) is 0 Å². The van der Waals surface area contributed by atoms with Crippen LogP contribution >= 0.6 is 0 Å². The van der Waals surface area contributed by atoms with E-state index in [-0.39, 0.29) is 5.75 Å². The molecule has 5 nitrogen and oxygen atoms in total. The van der Waals surface area contributed by atoms with E-state index in [4.69, 9.17) is 0 Å². The molecule has 2 atom stereocenters. The van der Waals surface area contributed by atoms with Gasteiger partial charge in [-0.1, -0.05) is 12.8 Å². The lowest BCUT2D eigenvalue weighted by Crippen LogP contribution is -2.20. The van der Waals surface area contributed by atoms with Crippen LogP contribution in [0.3, 0.4) is 0 Å². The number of nitrogens with zero attached hydrogens (tertiary/aromatic N) is 2. The highest BCUT2D eigenvalue weighted by Crippen LogP contribution is 2.40. The molecule has 1 aliphatic carbocycles. The van der Waals surface area contributed by atoms with Crippen LogP contribution in [0.1, 0.15) is 25.7 Å². The number of fused-ring (bicyclic) bond motifs is 1. The van der Waals surface area contributed by atoms with Gasteiger partial charge in [0, 0.05) is 30.9 Å². The largest absolute Gasteiger partial charge is 0.427 e. The Kier molecular flexibility index (Phi) is 4.13. The Bertz CT molecular complexity index is 554. The summed E-state index contributed by atoms with van der Waals surface area (Å²) in [7, 11) is 0. The molecule has 1 aromatic carbocycles. The zero-order valence-corrected chi connectivity index (χ0v) is 12.1. The fourth-order valence-corrected chi connectivity index (χ4v) is 3.66. The van der Waals surface area contributed by atoms with Crippen molar-refractivity contribution in [2.75, 3.05) is 18.0 Å². The third-order valence-corrected chi connectivity index (χ3v) is 4.70. The molecule has 3 rings (SSSR count). The molecule has 0 spiro atoms. The Balaban J connectivity index is 1.83. The van der Waals surface area contributed by atoms with E-state index in [0.29, 0.717) is 11.8 Å². The lowest BCUT2D eigenvalue weighted by molar-refractivity contribution is -0.386. The van der Waals surface area contributed by atoms with Crippen LogP contribution < -0.4 is 9.64 Å². The molecule has 1 heterocycles. The third kappa shape index (κ3) is 2.98. The molecular weight excluding hydrogens is 294 g/mol. The van der Waals surface area contributed by atoms with E-state index >= 15 is 0 Å². The van der Waals surface area contributed by atoms with Gasteiger partial charge in [-0.2, -0.15) is 8.78 Å². The molecule has 1 aliphatic heterocycles. The molecule has 7 heteroatoms. The summed E-state index contributed by atoms with van der Waals surface area (Å²) in [6.45, 7) is -1.30. The SMILES string of the molecule is O=[N+]([O-])c1ccc(N2CC3CCCCC3C2)cc1OC(F)F. The minimum Gasteiger partial charge on any atom is -0.427 e. The second-order valence-electron chi connectivity index (χ2n) is 6.00. The number of nitro benzene ring substituents is 1. The van der Waals surface area contributed by atoms with Crippen molar-refractivity contribution in [1.29, 1.82) is 0 Å². The number of halogens is 2. The van der Waals surface area contributed by atoms with E-state index < -0.39 is 17.2 Å². The molecule has 2 fully saturated rings. The van der Waals surface area contributed by atoms with Crippen LogP contribution in [0.15, 0.2) is 18.2 Å². The van der Waals surface area contributed by atoms with Crippen molar-refractivity contribution < 1.29 is 18.4 Å². The number of ether oxygens (including phenoxy) is 1. The lowest BCUT2D eigenvalue weighted by atomic mass is 9.82. The fraction of sp³-hybridized carbons (Fsp3) is 0.600. The number of hydrogen-bond acceptors (Lipinski definition) is 4. The molecule has 120 valence electrons. The molecule has 1 saturated carbocycles. The minimum absolute atomic E-state index is 0.368. The molecule has 0 aromatic heterocycles. The summed E-state index contributed by atoms with van der Waals surface area (Å²) < 4.78 is 29.2. The average Bonchev–Trinajstić information content (AvgIpc) is 2.90. The molecular formula is C15H18F2N2O3.